The first-order valence-electron chi connectivity index (χ1n) is 2.30. The molecule has 2 unspecified atom stereocenters. The minimum Gasteiger partial charge on any atom is -0.396 e. The Balaban J connectivity index is 2.83. The molecule has 0 rings (SSSR count). The molecule has 0 aromatic heterocycles. The minimum absolute atomic E-state index is 0.0789. The normalized spacial score (nSPS) is 14.1. The van der Waals surface area contributed by atoms with Crippen LogP contribution in [0.5, 0.6) is 0 Å². The molecule has 0 saturated heterocycles. The predicted molar refractivity (Wildman–Crippen MR) is 32.3 cm³/mol. The van der Waals surface area contributed by atoms with E-state index < -0.39 is 0 Å². The van der Waals surface area contributed by atoms with Crippen molar-refractivity contribution in [1.82, 2.24) is 0 Å². The number of aliphatic hydroxyl groups excluding tert-OH is 2. The Morgan fingerprint density at radius 3 is 2.29 bits per heavy atom. The van der Waals surface area contributed by atoms with Gasteiger partial charge in [-0.05, 0) is 12.6 Å². The Morgan fingerprint density at radius 2 is 2.14 bits per heavy atom. The van der Waals surface area contributed by atoms with Gasteiger partial charge in [0.1, 0.15) is 0 Å². The Hall–Kier alpha value is 0.350. The first-order chi connectivity index (χ1) is 3.31. The van der Waals surface area contributed by atoms with Crippen molar-refractivity contribution in [3.63, 3.8) is 0 Å². The lowest BCUT2D eigenvalue weighted by molar-refractivity contribution is 0.152. The van der Waals surface area contributed by atoms with Crippen LogP contribution in [-0.4, -0.2) is 29.1 Å². The van der Waals surface area contributed by atoms with E-state index >= 15 is 0 Å². The zero-order valence-corrected chi connectivity index (χ0v) is 5.33. The highest BCUT2D eigenvalue weighted by Crippen LogP contribution is 1.93. The molecule has 0 saturated carbocycles. The van der Waals surface area contributed by atoms with Crippen LogP contribution in [0.3, 0.4) is 0 Å². The fourth-order valence-electron chi connectivity index (χ4n) is 0.267. The third kappa shape index (κ3) is 4.20. The zero-order chi connectivity index (χ0) is 5.70. The molecule has 7 heavy (non-hydrogen) atoms. The molecule has 0 radical (unpaired) electrons. The summed E-state index contributed by atoms with van der Waals surface area (Å²) in [6, 6.07) is 0. The fourth-order valence-corrected chi connectivity index (χ4v) is 0.503. The largest absolute Gasteiger partial charge is 0.396 e. The van der Waals surface area contributed by atoms with Gasteiger partial charge >= 0.3 is 0 Å². The second kappa shape index (κ2) is 4.51. The molecule has 2 nitrogen and oxygen atoms in total. The molecular formula is C4H11O2P. The summed E-state index contributed by atoms with van der Waals surface area (Å²) >= 11 is 0. The molecule has 0 amide bonds. The highest BCUT2D eigenvalue weighted by atomic mass is 31.0. The van der Waals surface area contributed by atoms with Crippen molar-refractivity contribution in [2.75, 3.05) is 12.8 Å². The molecule has 0 heterocycles. The molecule has 0 aromatic rings. The number of rotatable bonds is 3. The maximum absolute atomic E-state index is 8.68. The van der Waals surface area contributed by atoms with Gasteiger partial charge < -0.3 is 10.2 Å². The van der Waals surface area contributed by atoms with E-state index in [1.54, 1.807) is 0 Å². The van der Waals surface area contributed by atoms with Crippen LogP contribution >= 0.6 is 9.24 Å². The number of hydrogen-bond donors (Lipinski definition) is 2. The third-order valence-corrected chi connectivity index (χ3v) is 1.28. The van der Waals surface area contributed by atoms with Crippen LogP contribution in [0.25, 0.3) is 0 Å². The molecular weight excluding hydrogens is 111 g/mol. The van der Waals surface area contributed by atoms with Gasteiger partial charge in [-0.3, -0.25) is 0 Å². The molecule has 0 aliphatic carbocycles. The quantitative estimate of drug-likeness (QED) is 0.500. The number of hydrogen-bond acceptors (Lipinski definition) is 2. The Labute approximate surface area is 45.8 Å². The summed E-state index contributed by atoms with van der Waals surface area (Å²) in [5.74, 6) is 0. The van der Waals surface area contributed by atoms with Crippen LogP contribution < -0.4 is 0 Å². The number of aliphatic hydroxyl groups is 2. The summed E-state index contributed by atoms with van der Waals surface area (Å²) in [4.78, 5) is 0. The van der Waals surface area contributed by atoms with E-state index in [9.17, 15) is 0 Å². The average molecular weight is 122 g/mol. The molecule has 2 atom stereocenters. The van der Waals surface area contributed by atoms with Crippen molar-refractivity contribution in [2.24, 2.45) is 0 Å². The van der Waals surface area contributed by atoms with E-state index in [1.165, 1.54) is 0 Å². The van der Waals surface area contributed by atoms with Gasteiger partial charge in [0.15, 0.2) is 0 Å². The lowest BCUT2D eigenvalue weighted by Gasteiger charge is -2.01. The molecule has 44 valence electrons. The smallest absolute Gasteiger partial charge is 0.0596 e. The topological polar surface area (TPSA) is 40.5 Å². The van der Waals surface area contributed by atoms with Crippen molar-refractivity contribution in [2.45, 2.75) is 12.5 Å². The first kappa shape index (κ1) is 7.35. The SMILES string of the molecule is OCCC(O)CP. The van der Waals surface area contributed by atoms with Crippen LogP contribution in [0.1, 0.15) is 6.42 Å². The van der Waals surface area contributed by atoms with E-state index in [2.05, 4.69) is 9.24 Å². The monoisotopic (exact) mass is 122 g/mol. The highest BCUT2D eigenvalue weighted by Gasteiger charge is 1.95. The summed E-state index contributed by atoms with van der Waals surface area (Å²) in [6.45, 7) is 0.0789. The summed E-state index contributed by atoms with van der Waals surface area (Å²) in [6.07, 6.45) is 0.805. The van der Waals surface area contributed by atoms with Gasteiger partial charge in [0.25, 0.3) is 0 Å². The Bertz CT molecular complexity index is 40.7. The predicted octanol–water partition coefficient (Wildman–Crippen LogP) is -0.395. The van der Waals surface area contributed by atoms with Gasteiger partial charge in [0.05, 0.1) is 6.10 Å². The van der Waals surface area contributed by atoms with Crippen LogP contribution in [0, 0.1) is 0 Å². The molecule has 0 aromatic carbocycles. The fraction of sp³-hybridized carbons (Fsp3) is 1.00. The van der Waals surface area contributed by atoms with E-state index in [1.807, 2.05) is 0 Å². The van der Waals surface area contributed by atoms with E-state index in [0.29, 0.717) is 12.6 Å². The highest BCUT2D eigenvalue weighted by molar-refractivity contribution is 7.16. The maximum atomic E-state index is 8.68. The molecule has 0 bridgehead atoms. The van der Waals surface area contributed by atoms with E-state index in [4.69, 9.17) is 10.2 Å². The van der Waals surface area contributed by atoms with E-state index in [0.717, 1.165) is 0 Å². The summed E-state index contributed by atoms with van der Waals surface area (Å²) in [5.41, 5.74) is 0. The van der Waals surface area contributed by atoms with Crippen LogP contribution in [0.4, 0.5) is 0 Å². The molecule has 3 heteroatoms. The molecule has 0 aliphatic heterocycles. The minimum atomic E-state index is -0.338. The van der Waals surface area contributed by atoms with Gasteiger partial charge in [0.2, 0.25) is 0 Å². The average Bonchev–Trinajstić information content (AvgIpc) is 1.68. The Kier molecular flexibility index (Phi) is 4.73. The summed E-state index contributed by atoms with van der Waals surface area (Å²) in [7, 11) is 2.41. The van der Waals surface area contributed by atoms with E-state index in [-0.39, 0.29) is 12.7 Å². The van der Waals surface area contributed by atoms with Gasteiger partial charge in [0, 0.05) is 6.61 Å². The van der Waals surface area contributed by atoms with Crippen molar-refractivity contribution in [3.05, 3.63) is 0 Å². The van der Waals surface area contributed by atoms with Gasteiger partial charge in [-0.2, -0.15) is 0 Å². The second-order valence-electron chi connectivity index (χ2n) is 1.40. The molecule has 0 aliphatic rings. The molecule has 0 spiro atoms. The lowest BCUT2D eigenvalue weighted by atomic mass is 10.3. The second-order valence-corrected chi connectivity index (χ2v) is 1.87. The van der Waals surface area contributed by atoms with Crippen LogP contribution in [-0.2, 0) is 0 Å². The third-order valence-electron chi connectivity index (χ3n) is 0.734. The van der Waals surface area contributed by atoms with Gasteiger partial charge in [-0.15, -0.1) is 9.24 Å². The van der Waals surface area contributed by atoms with Crippen molar-refractivity contribution in [1.29, 1.82) is 0 Å². The summed E-state index contributed by atoms with van der Waals surface area (Å²) in [5, 5.41) is 16.9. The van der Waals surface area contributed by atoms with Crippen molar-refractivity contribution >= 4 is 9.24 Å². The zero-order valence-electron chi connectivity index (χ0n) is 4.17. The van der Waals surface area contributed by atoms with Crippen molar-refractivity contribution in [3.8, 4) is 0 Å². The molecule has 2 N–H and O–H groups in total. The van der Waals surface area contributed by atoms with Crippen LogP contribution in [0.15, 0.2) is 0 Å². The van der Waals surface area contributed by atoms with Crippen molar-refractivity contribution < 1.29 is 10.2 Å². The van der Waals surface area contributed by atoms with Crippen LogP contribution in [0.2, 0.25) is 0 Å². The Morgan fingerprint density at radius 1 is 1.57 bits per heavy atom. The maximum Gasteiger partial charge on any atom is 0.0596 e. The summed E-state index contributed by atoms with van der Waals surface area (Å²) < 4.78 is 0. The lowest BCUT2D eigenvalue weighted by Crippen LogP contribution is -2.09. The first-order valence-corrected chi connectivity index (χ1v) is 3.12. The van der Waals surface area contributed by atoms with Gasteiger partial charge in [-0.25, -0.2) is 0 Å². The standard InChI is InChI=1S/C4H11O2P/c5-2-1-4(6)3-7/h4-6H,1-3,7H2. The van der Waals surface area contributed by atoms with Gasteiger partial charge in [-0.1, -0.05) is 0 Å². The molecule has 0 fully saturated rings.